The van der Waals surface area contributed by atoms with Crippen molar-refractivity contribution in [3.8, 4) is 0 Å². The van der Waals surface area contributed by atoms with Crippen molar-refractivity contribution in [3.05, 3.63) is 12.5 Å². The van der Waals surface area contributed by atoms with E-state index in [0.717, 1.165) is 54.3 Å². The molecule has 0 spiro atoms. The second-order valence-electron chi connectivity index (χ2n) is 17.2. The van der Waals surface area contributed by atoms with Gasteiger partial charge in [-0.1, -0.05) is 13.8 Å². The fourth-order valence-electron chi connectivity index (χ4n) is 12.5. The Bertz CT molecular complexity index is 1190. The summed E-state index contributed by atoms with van der Waals surface area (Å²) in [6, 6.07) is 0. The summed E-state index contributed by atoms with van der Waals surface area (Å²) in [6.45, 7) is 11.2. The number of aliphatic hydroxyl groups excluding tert-OH is 1. The smallest absolute Gasteiger partial charge is 0.316 e. The molecule has 0 aromatic carbocycles. The quantitative estimate of drug-likeness (QED) is 0.110. The number of rotatable bonds is 11. The van der Waals surface area contributed by atoms with Gasteiger partial charge in [0.2, 0.25) is 0 Å². The van der Waals surface area contributed by atoms with Gasteiger partial charge in [-0.25, -0.2) is 0 Å². The molecule has 264 valence electrons. The van der Waals surface area contributed by atoms with Gasteiger partial charge in [-0.3, -0.25) is 14.4 Å². The summed E-state index contributed by atoms with van der Waals surface area (Å²) in [5.41, 5.74) is -0.888. The first-order valence-electron chi connectivity index (χ1n) is 18.8. The molecule has 8 heteroatoms. The lowest BCUT2D eigenvalue weighted by Crippen LogP contribution is -2.40. The van der Waals surface area contributed by atoms with Crippen LogP contribution in [0.4, 0.5) is 0 Å². The molecule has 7 aliphatic carbocycles. The van der Waals surface area contributed by atoms with Crippen LogP contribution in [-0.4, -0.2) is 49.4 Å². The first-order chi connectivity index (χ1) is 22.4. The number of hydrogen-bond donors (Lipinski definition) is 1. The van der Waals surface area contributed by atoms with E-state index in [9.17, 15) is 19.5 Å². The highest BCUT2D eigenvalue weighted by atomic mass is 16.7. The molecule has 1 N–H and O–H groups in total. The maximum absolute atomic E-state index is 13.6. The van der Waals surface area contributed by atoms with E-state index in [2.05, 4.69) is 13.5 Å². The third kappa shape index (κ3) is 6.50. The maximum atomic E-state index is 13.6. The number of hydrogen-bond acceptors (Lipinski definition) is 8. The molecule has 8 nitrogen and oxygen atoms in total. The average Bonchev–Trinajstić information content (AvgIpc) is 3.90. The second kappa shape index (κ2) is 13.7. The van der Waals surface area contributed by atoms with Crippen LogP contribution < -0.4 is 0 Å². The Balaban J connectivity index is 0.000000265. The van der Waals surface area contributed by atoms with Crippen molar-refractivity contribution in [1.82, 2.24) is 0 Å². The van der Waals surface area contributed by atoms with E-state index in [0.29, 0.717) is 30.1 Å². The van der Waals surface area contributed by atoms with Crippen LogP contribution in [0.1, 0.15) is 105 Å². The minimum atomic E-state index is -0.888. The van der Waals surface area contributed by atoms with Gasteiger partial charge in [-0.2, -0.15) is 0 Å². The minimum Gasteiger partial charge on any atom is -0.469 e. The molecule has 0 aromatic heterocycles. The summed E-state index contributed by atoms with van der Waals surface area (Å²) >= 11 is 0. The number of esters is 3. The second-order valence-corrected chi connectivity index (χ2v) is 17.2. The molecule has 6 bridgehead atoms. The Hall–Kier alpha value is -2.09. The highest BCUT2D eigenvalue weighted by Crippen LogP contribution is 2.68. The Morgan fingerprint density at radius 1 is 0.787 bits per heavy atom. The van der Waals surface area contributed by atoms with E-state index in [1.165, 1.54) is 59.2 Å². The Morgan fingerprint density at radius 3 is 2.06 bits per heavy atom. The van der Waals surface area contributed by atoms with Crippen molar-refractivity contribution in [2.45, 2.75) is 117 Å². The van der Waals surface area contributed by atoms with Gasteiger partial charge in [0.25, 0.3) is 5.95 Å². The zero-order valence-electron chi connectivity index (χ0n) is 29.7. The van der Waals surface area contributed by atoms with Crippen LogP contribution in [0, 0.1) is 82.3 Å². The molecule has 15 atom stereocenters. The van der Waals surface area contributed by atoms with Gasteiger partial charge in [0.05, 0.1) is 37.6 Å². The highest BCUT2D eigenvalue weighted by Gasteiger charge is 2.63. The number of aliphatic hydroxyl groups is 1. The van der Waals surface area contributed by atoms with Crippen LogP contribution in [-0.2, 0) is 33.3 Å². The Morgan fingerprint density at radius 2 is 1.43 bits per heavy atom. The monoisotopic (exact) mass is 656 g/mol. The van der Waals surface area contributed by atoms with Crippen molar-refractivity contribution in [2.24, 2.45) is 82.3 Å². The van der Waals surface area contributed by atoms with Crippen molar-refractivity contribution >= 4 is 17.9 Å². The van der Waals surface area contributed by atoms with Crippen molar-refractivity contribution in [1.29, 1.82) is 0 Å². The molecule has 47 heavy (non-hydrogen) atoms. The molecular weight excluding hydrogens is 596 g/mol. The zero-order chi connectivity index (χ0) is 33.8. The molecule has 0 saturated heterocycles. The van der Waals surface area contributed by atoms with Crippen LogP contribution in [0.25, 0.3) is 0 Å². The van der Waals surface area contributed by atoms with Crippen LogP contribution in [0.2, 0.25) is 0 Å². The number of carbonyl (C=O) groups excluding carboxylic acids is 3. The molecule has 7 aliphatic rings. The number of fused-ring (bicyclic) bond motifs is 14. The molecule has 0 radical (unpaired) electrons. The van der Waals surface area contributed by atoms with E-state index in [1.807, 2.05) is 6.92 Å². The summed E-state index contributed by atoms with van der Waals surface area (Å²) in [6.07, 6.45) is 12.7. The predicted molar refractivity (Wildman–Crippen MR) is 176 cm³/mol. The fraction of sp³-hybridized carbons (Fsp3) is 0.872. The van der Waals surface area contributed by atoms with Crippen LogP contribution >= 0.6 is 0 Å². The molecule has 7 saturated carbocycles. The highest BCUT2D eigenvalue weighted by molar-refractivity contribution is 5.79. The summed E-state index contributed by atoms with van der Waals surface area (Å²) in [4.78, 5) is 38.7. The van der Waals surface area contributed by atoms with Crippen LogP contribution in [0.3, 0.4) is 0 Å². The molecule has 0 aromatic rings. The zero-order valence-corrected chi connectivity index (χ0v) is 29.7. The summed E-state index contributed by atoms with van der Waals surface area (Å²) < 4.78 is 21.3. The third-order valence-electron chi connectivity index (χ3n) is 14.5. The maximum Gasteiger partial charge on any atom is 0.316 e. The third-order valence-corrected chi connectivity index (χ3v) is 14.5. The molecule has 0 heterocycles. The molecular formula is C39H60O8. The average molecular weight is 657 g/mol. The SMILES string of the molecule is C=C(OC)OC(=O)C(CC)CC(CC(C)(C)C(=O)OC)C(=O)OC1CC2CC1C1C3CCC(C3)C21.CC1C(O)CC2C3CCC(C3)C12. The lowest BCUT2D eigenvalue weighted by molar-refractivity contribution is -0.164. The number of methoxy groups -OCH3 is 2. The molecule has 15 unspecified atom stereocenters. The van der Waals surface area contributed by atoms with Gasteiger partial charge in [0, 0.05) is 0 Å². The van der Waals surface area contributed by atoms with Gasteiger partial charge < -0.3 is 24.1 Å². The number of ether oxygens (including phenoxy) is 4. The predicted octanol–water partition coefficient (Wildman–Crippen LogP) is 6.93. The molecule has 7 rings (SSSR count). The van der Waals surface area contributed by atoms with E-state index < -0.39 is 23.2 Å². The van der Waals surface area contributed by atoms with Gasteiger partial charge in [-0.15, -0.1) is 0 Å². The summed E-state index contributed by atoms with van der Waals surface area (Å²) in [5.74, 6) is 6.40. The topological polar surface area (TPSA) is 108 Å². The van der Waals surface area contributed by atoms with Gasteiger partial charge >= 0.3 is 17.9 Å². The molecule has 0 aliphatic heterocycles. The van der Waals surface area contributed by atoms with E-state index in [4.69, 9.17) is 18.9 Å². The van der Waals surface area contributed by atoms with Gasteiger partial charge in [0.1, 0.15) is 6.10 Å². The van der Waals surface area contributed by atoms with Gasteiger partial charge in [0.15, 0.2) is 0 Å². The van der Waals surface area contributed by atoms with Gasteiger partial charge in [-0.05, 0) is 163 Å². The van der Waals surface area contributed by atoms with Crippen molar-refractivity contribution in [2.75, 3.05) is 14.2 Å². The summed E-state index contributed by atoms with van der Waals surface area (Å²) in [5, 5.41) is 9.77. The lowest BCUT2D eigenvalue weighted by atomic mass is 9.70. The van der Waals surface area contributed by atoms with E-state index in [-0.39, 0.29) is 42.9 Å². The van der Waals surface area contributed by atoms with Crippen LogP contribution in [0.5, 0.6) is 0 Å². The van der Waals surface area contributed by atoms with Crippen molar-refractivity contribution in [3.63, 3.8) is 0 Å². The fourth-order valence-corrected chi connectivity index (χ4v) is 12.5. The lowest BCUT2D eigenvalue weighted by Gasteiger charge is -2.39. The number of carbonyl (C=O) groups is 3. The van der Waals surface area contributed by atoms with Crippen LogP contribution in [0.15, 0.2) is 12.5 Å². The summed E-state index contributed by atoms with van der Waals surface area (Å²) in [7, 11) is 2.73. The molecule has 0 amide bonds. The largest absolute Gasteiger partial charge is 0.469 e. The van der Waals surface area contributed by atoms with Crippen molar-refractivity contribution < 1.29 is 38.4 Å². The van der Waals surface area contributed by atoms with E-state index >= 15 is 0 Å². The normalized spacial score (nSPS) is 41.4. The minimum absolute atomic E-state index is 0.0309. The standard InChI is InChI=1S/C28H42O7.C11H18O/c1-7-16(25(29)34-15(2)32-5)10-20(14-28(3,4)27(31)33-6)26(30)35-22-13-19-12-21(22)24-18-9-8-17(11-18)23(19)24;1-6-10(12)5-9-7-2-3-8(4-7)11(6)9/h16-24H,2,7-14H2,1,3-6H3;6-12H,2-5H2,1H3. The molecule has 7 fully saturated rings. The Kier molecular flexibility index (Phi) is 10.1. The Labute approximate surface area is 282 Å². The first-order valence-corrected chi connectivity index (χ1v) is 18.8. The van der Waals surface area contributed by atoms with E-state index in [1.54, 1.807) is 13.8 Å². The first kappa shape index (κ1) is 34.8.